The van der Waals surface area contributed by atoms with Crippen molar-refractivity contribution < 1.29 is 14.5 Å². The molecule has 3 aliphatic rings. The van der Waals surface area contributed by atoms with Gasteiger partial charge in [0.1, 0.15) is 6.54 Å². The van der Waals surface area contributed by atoms with Crippen LogP contribution in [0.2, 0.25) is 0 Å². The zero-order valence-corrected chi connectivity index (χ0v) is 25.4. The summed E-state index contributed by atoms with van der Waals surface area (Å²) in [5.41, 5.74) is 10.7. The lowest BCUT2D eigenvalue weighted by atomic mass is 9.81. The third-order valence-electron chi connectivity index (χ3n) is 9.20. The van der Waals surface area contributed by atoms with Crippen LogP contribution in [0.3, 0.4) is 0 Å². The van der Waals surface area contributed by atoms with Crippen LogP contribution in [-0.2, 0) is 15.6 Å². The number of para-hydroxylation sites is 2. The second-order valence-corrected chi connectivity index (χ2v) is 12.8. The lowest BCUT2D eigenvalue weighted by Crippen LogP contribution is -2.27. The number of rotatable bonds is 9. The number of fused-ring (bicyclic) bond motifs is 2. The molecule has 2 heterocycles. The van der Waals surface area contributed by atoms with Crippen LogP contribution in [-0.4, -0.2) is 35.0 Å². The summed E-state index contributed by atoms with van der Waals surface area (Å²) in [5, 5.41) is 8.99. The molecule has 4 heteroatoms. The normalized spacial score (nSPS) is 21.1. The maximum atomic E-state index is 10.9. The van der Waals surface area contributed by atoms with Gasteiger partial charge in [-0.3, -0.25) is 4.79 Å². The topological polar surface area (TPSA) is 43.5 Å². The van der Waals surface area contributed by atoms with Crippen LogP contribution < -0.4 is 4.90 Å². The molecule has 4 nitrogen and oxygen atoms in total. The predicted molar refractivity (Wildman–Crippen MR) is 170 cm³/mol. The van der Waals surface area contributed by atoms with Gasteiger partial charge in [0.25, 0.3) is 0 Å². The number of carboxylic acids is 1. The van der Waals surface area contributed by atoms with Crippen molar-refractivity contribution in [3.8, 4) is 0 Å². The van der Waals surface area contributed by atoms with E-state index in [1.165, 1.54) is 51.5 Å². The summed E-state index contributed by atoms with van der Waals surface area (Å²) in [4.78, 5) is 13.3. The minimum Gasteiger partial charge on any atom is -0.481 e. The van der Waals surface area contributed by atoms with Crippen LogP contribution in [0.5, 0.6) is 0 Å². The van der Waals surface area contributed by atoms with Gasteiger partial charge < -0.3 is 10.0 Å². The van der Waals surface area contributed by atoms with Gasteiger partial charge in [0.15, 0.2) is 5.71 Å². The maximum absolute atomic E-state index is 10.9. The molecule has 214 valence electrons. The molecule has 0 spiro atoms. The largest absolute Gasteiger partial charge is 0.481 e. The Morgan fingerprint density at radius 1 is 0.951 bits per heavy atom. The standard InChI is InChI=1S/C37H44N2O2/c1-36(2)30-19-9-11-21-32(30)39(24-12-6-7-23-35(40)41)33(36)22-14-16-27-15-13-17-28(25-27)26-34-37(3,4)29-18-8-10-20-31(29)38(34)5/h8-11,14,16,18-22,25-26H,6-7,12-13,15,17,23-24H2,1-5H3/p+1. The summed E-state index contributed by atoms with van der Waals surface area (Å²) in [6.07, 6.45) is 17.9. The lowest BCUT2D eigenvalue weighted by molar-refractivity contribution is -0.438. The Morgan fingerprint density at radius 3 is 2.44 bits per heavy atom. The van der Waals surface area contributed by atoms with Crippen molar-refractivity contribution in [1.29, 1.82) is 0 Å². The number of likely N-dealkylation sites (N-methyl/N-ethyl adjacent to an activating group) is 1. The van der Waals surface area contributed by atoms with Crippen molar-refractivity contribution in [2.45, 2.75) is 83.5 Å². The highest BCUT2D eigenvalue weighted by atomic mass is 16.4. The fourth-order valence-electron chi connectivity index (χ4n) is 6.93. The summed E-state index contributed by atoms with van der Waals surface area (Å²) >= 11 is 0. The van der Waals surface area contributed by atoms with E-state index in [1.54, 1.807) is 0 Å². The van der Waals surface area contributed by atoms with E-state index in [1.807, 2.05) is 0 Å². The number of nitrogens with zero attached hydrogens (tertiary/aromatic N) is 2. The number of hydrogen-bond acceptors (Lipinski definition) is 2. The number of hydrogen-bond donors (Lipinski definition) is 1. The summed E-state index contributed by atoms with van der Waals surface area (Å²) in [6.45, 7) is 10.2. The molecule has 0 saturated heterocycles. The van der Waals surface area contributed by atoms with E-state index in [2.05, 4.69) is 123 Å². The van der Waals surface area contributed by atoms with E-state index in [0.29, 0.717) is 0 Å². The molecule has 2 aliphatic heterocycles. The molecule has 0 saturated carbocycles. The molecule has 0 amide bonds. The van der Waals surface area contributed by atoms with E-state index in [9.17, 15) is 4.79 Å². The number of unbranched alkanes of at least 4 members (excludes halogenated alkanes) is 2. The number of carboxylic acid groups (broad SMARTS) is 1. The summed E-state index contributed by atoms with van der Waals surface area (Å²) in [7, 11) is 2.19. The van der Waals surface area contributed by atoms with E-state index < -0.39 is 5.97 Å². The molecule has 0 unspecified atom stereocenters. The van der Waals surface area contributed by atoms with Gasteiger partial charge in [0, 0.05) is 54.4 Å². The van der Waals surface area contributed by atoms with Crippen LogP contribution >= 0.6 is 0 Å². The first kappa shape index (κ1) is 28.9. The maximum Gasteiger partial charge on any atom is 0.303 e. The molecule has 0 aromatic heterocycles. The number of anilines is 1. The molecule has 0 radical (unpaired) electrons. The smallest absolute Gasteiger partial charge is 0.303 e. The van der Waals surface area contributed by atoms with Crippen molar-refractivity contribution >= 4 is 23.1 Å². The molecular weight excluding hydrogens is 504 g/mol. The molecule has 1 N–H and O–H groups in total. The average Bonchev–Trinajstić information content (AvgIpc) is 3.28. The van der Waals surface area contributed by atoms with E-state index >= 15 is 0 Å². The quantitative estimate of drug-likeness (QED) is 0.252. The first-order chi connectivity index (χ1) is 19.6. The Labute approximate surface area is 246 Å². The first-order valence-corrected chi connectivity index (χ1v) is 15.2. The average molecular weight is 550 g/mol. The molecule has 0 atom stereocenters. The van der Waals surface area contributed by atoms with Crippen molar-refractivity contribution in [1.82, 2.24) is 0 Å². The second kappa shape index (κ2) is 11.7. The Hall–Kier alpha value is -3.66. The van der Waals surface area contributed by atoms with Gasteiger partial charge in [-0.25, -0.2) is 0 Å². The minimum atomic E-state index is -0.707. The van der Waals surface area contributed by atoms with E-state index in [0.717, 1.165) is 38.6 Å². The van der Waals surface area contributed by atoms with Crippen molar-refractivity contribution in [2.24, 2.45) is 0 Å². The van der Waals surface area contributed by atoms with E-state index in [-0.39, 0.29) is 17.3 Å². The zero-order chi connectivity index (χ0) is 29.2. The van der Waals surface area contributed by atoms with Gasteiger partial charge in [-0.2, -0.15) is 4.58 Å². The summed E-state index contributed by atoms with van der Waals surface area (Å²) in [6, 6.07) is 17.5. The zero-order valence-electron chi connectivity index (χ0n) is 25.4. The molecule has 0 fully saturated rings. The highest BCUT2D eigenvalue weighted by molar-refractivity contribution is 6.03. The highest BCUT2D eigenvalue weighted by Gasteiger charge is 2.43. The van der Waals surface area contributed by atoms with Crippen LogP contribution in [0.25, 0.3) is 0 Å². The third kappa shape index (κ3) is 5.75. The van der Waals surface area contributed by atoms with Gasteiger partial charge in [-0.1, -0.05) is 68.5 Å². The van der Waals surface area contributed by atoms with Gasteiger partial charge in [0.05, 0.1) is 5.41 Å². The molecular formula is C37H45N2O2+. The fourth-order valence-corrected chi connectivity index (χ4v) is 6.93. The molecule has 41 heavy (non-hydrogen) atoms. The summed E-state index contributed by atoms with van der Waals surface area (Å²) < 4.78 is 2.45. The van der Waals surface area contributed by atoms with Gasteiger partial charge in [-0.15, -0.1) is 0 Å². The Bertz CT molecular complexity index is 1480. The fraction of sp³-hybridized carbons (Fsp3) is 0.405. The van der Waals surface area contributed by atoms with Crippen molar-refractivity contribution in [3.05, 3.63) is 107 Å². The van der Waals surface area contributed by atoms with Crippen LogP contribution in [0.4, 0.5) is 11.4 Å². The Kier molecular flexibility index (Phi) is 8.22. The van der Waals surface area contributed by atoms with Crippen molar-refractivity contribution in [2.75, 3.05) is 18.5 Å². The van der Waals surface area contributed by atoms with Crippen LogP contribution in [0, 0.1) is 0 Å². The predicted octanol–water partition coefficient (Wildman–Crippen LogP) is 8.61. The minimum absolute atomic E-state index is 0.00973. The number of allylic oxidation sites excluding steroid dienone is 8. The number of carbonyl (C=O) groups is 1. The molecule has 5 rings (SSSR count). The number of aliphatic carboxylic acids is 1. The SMILES string of the molecule is CN1C(=CC2=CC(=CC=CC3=[N+](CCCCCC(=O)O)c4ccccc4C3(C)C)CCC2)C(C)(C)c2ccccc21. The Balaban J connectivity index is 1.38. The third-order valence-corrected chi connectivity index (χ3v) is 9.20. The lowest BCUT2D eigenvalue weighted by Gasteiger charge is -2.25. The summed E-state index contributed by atoms with van der Waals surface area (Å²) in [5.74, 6) is -0.707. The first-order valence-electron chi connectivity index (χ1n) is 15.2. The van der Waals surface area contributed by atoms with Crippen LogP contribution in [0.15, 0.2) is 95.8 Å². The second-order valence-electron chi connectivity index (χ2n) is 12.8. The highest BCUT2D eigenvalue weighted by Crippen LogP contribution is 2.47. The molecule has 1 aliphatic carbocycles. The van der Waals surface area contributed by atoms with Gasteiger partial charge in [-0.05, 0) is 74.8 Å². The molecule has 2 aromatic carbocycles. The van der Waals surface area contributed by atoms with Crippen LogP contribution in [0.1, 0.15) is 83.8 Å². The van der Waals surface area contributed by atoms with Gasteiger partial charge in [0.2, 0.25) is 5.69 Å². The van der Waals surface area contributed by atoms with Crippen molar-refractivity contribution in [3.63, 3.8) is 0 Å². The Morgan fingerprint density at radius 2 is 1.68 bits per heavy atom. The molecule has 0 bridgehead atoms. The monoisotopic (exact) mass is 549 g/mol. The van der Waals surface area contributed by atoms with Gasteiger partial charge >= 0.3 is 5.97 Å². The van der Waals surface area contributed by atoms with E-state index in [4.69, 9.17) is 5.11 Å². The molecule has 2 aromatic rings. The number of benzene rings is 2.